The Balaban J connectivity index is 2.13. The third kappa shape index (κ3) is 4.40. The minimum atomic E-state index is -0.343. The van der Waals surface area contributed by atoms with Crippen LogP contribution in [0.15, 0.2) is 18.2 Å². The molecule has 2 rings (SSSR count). The van der Waals surface area contributed by atoms with E-state index in [0.29, 0.717) is 17.6 Å². The number of benzene rings is 1. The van der Waals surface area contributed by atoms with E-state index in [1.165, 1.54) is 12.5 Å². The quantitative estimate of drug-likeness (QED) is 0.647. The van der Waals surface area contributed by atoms with Crippen LogP contribution in [0.4, 0.5) is 5.69 Å². The highest BCUT2D eigenvalue weighted by Gasteiger charge is 2.24. The van der Waals surface area contributed by atoms with Gasteiger partial charge in [-0.05, 0) is 38.1 Å². The Kier molecular flexibility index (Phi) is 5.96. The van der Waals surface area contributed by atoms with E-state index in [9.17, 15) is 10.1 Å². The van der Waals surface area contributed by atoms with Crippen molar-refractivity contribution >= 4 is 17.3 Å². The highest BCUT2D eigenvalue weighted by Crippen LogP contribution is 2.27. The molecule has 0 amide bonds. The molecule has 6 heteroatoms. The van der Waals surface area contributed by atoms with Gasteiger partial charge < -0.3 is 5.32 Å². The molecule has 0 aromatic heterocycles. The van der Waals surface area contributed by atoms with Crippen LogP contribution >= 0.6 is 11.6 Å². The normalized spacial score (nSPS) is 19.6. The molecule has 1 heterocycles. The lowest BCUT2D eigenvalue weighted by atomic mass is 10.0. The first-order valence-corrected chi connectivity index (χ1v) is 7.87. The van der Waals surface area contributed by atoms with Gasteiger partial charge in [-0.15, -0.1) is 0 Å². The van der Waals surface area contributed by atoms with Crippen LogP contribution in [0.3, 0.4) is 0 Å². The van der Waals surface area contributed by atoms with Crippen LogP contribution in [0.25, 0.3) is 0 Å². The van der Waals surface area contributed by atoms with Crippen LogP contribution in [0.1, 0.15) is 31.7 Å². The zero-order valence-corrected chi connectivity index (χ0v) is 13.1. The van der Waals surface area contributed by atoms with E-state index in [0.717, 1.165) is 38.0 Å². The van der Waals surface area contributed by atoms with E-state index in [4.69, 9.17) is 11.6 Å². The van der Waals surface area contributed by atoms with Gasteiger partial charge >= 0.3 is 0 Å². The van der Waals surface area contributed by atoms with Crippen LogP contribution in [-0.4, -0.2) is 35.5 Å². The van der Waals surface area contributed by atoms with Crippen molar-refractivity contribution in [3.63, 3.8) is 0 Å². The lowest BCUT2D eigenvalue weighted by Gasteiger charge is -2.35. The van der Waals surface area contributed by atoms with Crippen molar-refractivity contribution in [1.82, 2.24) is 10.2 Å². The second-order valence-corrected chi connectivity index (χ2v) is 5.89. The lowest BCUT2D eigenvalue weighted by Crippen LogP contribution is -2.45. The number of likely N-dealkylation sites (tertiary alicyclic amines) is 1. The summed E-state index contributed by atoms with van der Waals surface area (Å²) in [6.07, 6.45) is 3.54. The number of rotatable bonds is 6. The van der Waals surface area contributed by atoms with Crippen LogP contribution < -0.4 is 5.32 Å². The van der Waals surface area contributed by atoms with Crippen LogP contribution in [0, 0.1) is 10.1 Å². The highest BCUT2D eigenvalue weighted by atomic mass is 35.5. The zero-order valence-electron chi connectivity index (χ0n) is 12.3. The van der Waals surface area contributed by atoms with Crippen molar-refractivity contribution in [1.29, 1.82) is 0 Å². The number of hydrogen-bond acceptors (Lipinski definition) is 4. The molecule has 1 saturated heterocycles. The number of nitrogens with one attached hydrogen (secondary N) is 1. The van der Waals surface area contributed by atoms with E-state index in [1.807, 2.05) is 0 Å². The first-order chi connectivity index (χ1) is 10.1. The van der Waals surface area contributed by atoms with Gasteiger partial charge in [0.2, 0.25) is 0 Å². The molecule has 0 radical (unpaired) electrons. The maximum Gasteiger partial charge on any atom is 0.275 e. The molecule has 0 saturated carbocycles. The number of nitro groups is 1. The zero-order chi connectivity index (χ0) is 15.2. The van der Waals surface area contributed by atoms with Gasteiger partial charge in [0, 0.05) is 35.8 Å². The third-order valence-electron chi connectivity index (χ3n) is 4.00. The van der Waals surface area contributed by atoms with Gasteiger partial charge in [-0.2, -0.15) is 0 Å². The monoisotopic (exact) mass is 311 g/mol. The Labute approximate surface area is 130 Å². The minimum absolute atomic E-state index is 0.121. The smallest absolute Gasteiger partial charge is 0.275 e. The molecular weight excluding hydrogens is 290 g/mol. The number of nitrogens with zero attached hydrogens (tertiary/aromatic N) is 2. The molecule has 1 aliphatic rings. The number of hydrogen-bond donors (Lipinski definition) is 1. The summed E-state index contributed by atoms with van der Waals surface area (Å²) in [6.45, 7) is 5.60. The van der Waals surface area contributed by atoms with E-state index in [1.54, 1.807) is 12.1 Å². The average molecular weight is 312 g/mol. The number of nitro benzene ring substituents is 1. The molecule has 0 spiro atoms. The van der Waals surface area contributed by atoms with Gasteiger partial charge in [0.15, 0.2) is 0 Å². The Morgan fingerprint density at radius 1 is 1.48 bits per heavy atom. The summed E-state index contributed by atoms with van der Waals surface area (Å²) in [5.41, 5.74) is 0.864. The molecule has 1 aliphatic heterocycles. The molecule has 0 aliphatic carbocycles. The van der Waals surface area contributed by atoms with Crippen LogP contribution in [0.5, 0.6) is 0 Å². The Bertz CT molecular complexity index is 496. The summed E-state index contributed by atoms with van der Waals surface area (Å²) in [5.74, 6) is 0. The highest BCUT2D eigenvalue weighted by molar-refractivity contribution is 6.30. The molecular formula is C15H22ClN3O2. The van der Waals surface area contributed by atoms with Gasteiger partial charge in [0.1, 0.15) is 0 Å². The summed E-state index contributed by atoms with van der Waals surface area (Å²) >= 11 is 5.87. The topological polar surface area (TPSA) is 58.4 Å². The summed E-state index contributed by atoms with van der Waals surface area (Å²) in [6, 6.07) is 5.40. The second-order valence-electron chi connectivity index (χ2n) is 5.46. The van der Waals surface area contributed by atoms with Gasteiger partial charge in [-0.25, -0.2) is 0 Å². The van der Waals surface area contributed by atoms with Gasteiger partial charge in [0.05, 0.1) is 4.92 Å². The standard InChI is InChI=1S/C15H22ClN3O2/c1-2-17-10-14-5-3-4-8-18(14)11-12-6-7-13(16)9-15(12)19(20)21/h6-7,9,14,17H,2-5,8,10-11H2,1H3. The fourth-order valence-electron chi connectivity index (χ4n) is 2.87. The van der Waals surface area contributed by atoms with E-state index < -0.39 is 0 Å². The summed E-state index contributed by atoms with van der Waals surface area (Å²) < 4.78 is 0. The van der Waals surface area contributed by atoms with Crippen molar-refractivity contribution in [3.05, 3.63) is 38.9 Å². The van der Waals surface area contributed by atoms with Crippen molar-refractivity contribution in [3.8, 4) is 0 Å². The van der Waals surface area contributed by atoms with Crippen molar-refractivity contribution in [2.45, 2.75) is 38.8 Å². The molecule has 0 bridgehead atoms. The van der Waals surface area contributed by atoms with E-state index in [-0.39, 0.29) is 10.6 Å². The maximum absolute atomic E-state index is 11.2. The maximum atomic E-state index is 11.2. The largest absolute Gasteiger partial charge is 0.315 e. The molecule has 1 N–H and O–H groups in total. The third-order valence-corrected chi connectivity index (χ3v) is 4.23. The van der Waals surface area contributed by atoms with Gasteiger partial charge in [0.25, 0.3) is 5.69 Å². The van der Waals surface area contributed by atoms with E-state index >= 15 is 0 Å². The van der Waals surface area contributed by atoms with E-state index in [2.05, 4.69) is 17.1 Å². The van der Waals surface area contributed by atoms with Crippen molar-refractivity contribution in [2.24, 2.45) is 0 Å². The Hall–Kier alpha value is -1.17. The summed E-state index contributed by atoms with van der Waals surface area (Å²) in [7, 11) is 0. The molecule has 1 atom stereocenters. The fraction of sp³-hybridized carbons (Fsp3) is 0.600. The predicted molar refractivity (Wildman–Crippen MR) is 84.7 cm³/mol. The molecule has 1 aromatic carbocycles. The summed E-state index contributed by atoms with van der Waals surface area (Å²) in [4.78, 5) is 13.2. The minimum Gasteiger partial charge on any atom is -0.315 e. The molecule has 116 valence electrons. The molecule has 1 unspecified atom stereocenters. The number of piperidine rings is 1. The molecule has 1 aromatic rings. The van der Waals surface area contributed by atoms with Crippen LogP contribution in [0.2, 0.25) is 5.02 Å². The van der Waals surface area contributed by atoms with Crippen molar-refractivity contribution < 1.29 is 4.92 Å². The first-order valence-electron chi connectivity index (χ1n) is 7.49. The predicted octanol–water partition coefficient (Wildman–Crippen LogP) is 3.21. The Morgan fingerprint density at radius 3 is 3.00 bits per heavy atom. The lowest BCUT2D eigenvalue weighted by molar-refractivity contribution is -0.385. The number of halogens is 1. The SMILES string of the molecule is CCNCC1CCCCN1Cc1ccc(Cl)cc1[N+](=O)[O-]. The van der Waals surface area contributed by atoms with Gasteiger partial charge in [-0.1, -0.05) is 24.9 Å². The fourth-order valence-corrected chi connectivity index (χ4v) is 3.04. The second kappa shape index (κ2) is 7.73. The summed E-state index contributed by atoms with van der Waals surface area (Å²) in [5, 5.41) is 15.0. The number of likely N-dealkylation sites (N-methyl/N-ethyl adjacent to an activating group) is 1. The van der Waals surface area contributed by atoms with Crippen LogP contribution in [-0.2, 0) is 6.54 Å². The van der Waals surface area contributed by atoms with Gasteiger partial charge in [-0.3, -0.25) is 15.0 Å². The first kappa shape index (κ1) is 16.2. The molecule has 5 nitrogen and oxygen atoms in total. The molecule has 1 fully saturated rings. The molecule has 21 heavy (non-hydrogen) atoms. The average Bonchev–Trinajstić information content (AvgIpc) is 2.48. The van der Waals surface area contributed by atoms with Crippen molar-refractivity contribution in [2.75, 3.05) is 19.6 Å². The Morgan fingerprint density at radius 2 is 2.29 bits per heavy atom.